The van der Waals surface area contributed by atoms with E-state index in [4.69, 9.17) is 28.4 Å². The van der Waals surface area contributed by atoms with Crippen LogP contribution in [0.25, 0.3) is 0 Å². The molecule has 3 rings (SSSR count). The third-order valence-electron chi connectivity index (χ3n) is 13.0. The van der Waals surface area contributed by atoms with Crippen molar-refractivity contribution >= 4 is 5.97 Å². The minimum Gasteiger partial charge on any atom is -0.457 e. The van der Waals surface area contributed by atoms with Crippen LogP contribution in [0.4, 0.5) is 0 Å². The maximum Gasteiger partial charge on any atom is 0.311 e. The van der Waals surface area contributed by atoms with Crippen molar-refractivity contribution < 1.29 is 58.7 Å². The second-order valence-corrected chi connectivity index (χ2v) is 18.2. The van der Waals surface area contributed by atoms with Gasteiger partial charge in [-0.1, -0.05) is 27.7 Å². The molecule has 15 nitrogen and oxygen atoms in total. The molecular formula is C41H79N3O12. The van der Waals surface area contributed by atoms with Gasteiger partial charge in [0.25, 0.3) is 0 Å². The Labute approximate surface area is 336 Å². The predicted octanol–water partition coefficient (Wildman–Crippen LogP) is 1.93. The van der Waals surface area contributed by atoms with E-state index in [0.29, 0.717) is 19.5 Å². The lowest BCUT2D eigenvalue weighted by Gasteiger charge is -2.53. The van der Waals surface area contributed by atoms with Gasteiger partial charge in [0, 0.05) is 38.1 Å². The topological polar surface area (TPSA) is 201 Å². The van der Waals surface area contributed by atoms with Crippen molar-refractivity contribution in [3.05, 3.63) is 0 Å². The van der Waals surface area contributed by atoms with Crippen LogP contribution < -0.4 is 10.6 Å². The van der Waals surface area contributed by atoms with Crippen LogP contribution in [0.2, 0.25) is 0 Å². The first-order valence-corrected chi connectivity index (χ1v) is 20.9. The third-order valence-corrected chi connectivity index (χ3v) is 13.0. The molecule has 3 saturated heterocycles. The number of hydrogen-bond donors (Lipinski definition) is 7. The molecule has 0 amide bonds. The van der Waals surface area contributed by atoms with Crippen LogP contribution in [0.5, 0.6) is 0 Å². The summed E-state index contributed by atoms with van der Waals surface area (Å²) >= 11 is 0. The molecule has 3 unspecified atom stereocenters. The highest BCUT2D eigenvalue weighted by Gasteiger charge is 2.58. The van der Waals surface area contributed by atoms with Crippen LogP contribution in [0.1, 0.15) is 108 Å². The molecule has 15 heteroatoms. The molecule has 18 atom stereocenters. The van der Waals surface area contributed by atoms with Crippen LogP contribution in [-0.2, 0) is 33.2 Å². The highest BCUT2D eigenvalue weighted by molar-refractivity contribution is 5.73. The highest BCUT2D eigenvalue weighted by atomic mass is 16.7. The Morgan fingerprint density at radius 3 is 2.27 bits per heavy atom. The van der Waals surface area contributed by atoms with E-state index in [2.05, 4.69) is 10.6 Å². The number of likely N-dealkylation sites (N-methyl/N-ethyl adjacent to an activating group) is 1. The number of nitrogens with zero attached hydrogens (tertiary/aromatic N) is 1. The van der Waals surface area contributed by atoms with E-state index in [0.717, 1.165) is 6.42 Å². The smallest absolute Gasteiger partial charge is 0.311 e. The van der Waals surface area contributed by atoms with Crippen molar-refractivity contribution in [2.75, 3.05) is 40.8 Å². The van der Waals surface area contributed by atoms with Crippen LogP contribution in [0, 0.1) is 17.8 Å². The van der Waals surface area contributed by atoms with Crippen molar-refractivity contribution in [1.29, 1.82) is 0 Å². The number of methoxy groups -OCH3 is 1. The number of hydrogen-bond acceptors (Lipinski definition) is 15. The molecule has 0 aromatic heterocycles. The summed E-state index contributed by atoms with van der Waals surface area (Å²) in [5.41, 5.74) is -5.93. The summed E-state index contributed by atoms with van der Waals surface area (Å²) in [6.07, 6.45) is -6.62. The van der Waals surface area contributed by atoms with E-state index in [1.54, 1.807) is 34.6 Å². The molecule has 330 valence electrons. The summed E-state index contributed by atoms with van der Waals surface area (Å²) in [5, 5.41) is 65.4. The summed E-state index contributed by atoms with van der Waals surface area (Å²) in [6, 6.07) is -0.875. The predicted molar refractivity (Wildman–Crippen MR) is 212 cm³/mol. The number of nitrogens with one attached hydrogen (secondary N) is 2. The van der Waals surface area contributed by atoms with Gasteiger partial charge in [-0.25, -0.2) is 0 Å². The molecule has 3 heterocycles. The molecule has 0 aromatic carbocycles. The van der Waals surface area contributed by atoms with Crippen LogP contribution in [-0.4, -0.2) is 167 Å². The number of aliphatic hydroxyl groups is 5. The van der Waals surface area contributed by atoms with Gasteiger partial charge in [0.05, 0.1) is 42.0 Å². The quantitative estimate of drug-likeness (QED) is 0.105. The lowest BCUT2D eigenvalue weighted by atomic mass is 9.75. The molecule has 0 aromatic rings. The summed E-state index contributed by atoms with van der Waals surface area (Å²) in [7, 11) is 5.31. The molecule has 3 aliphatic rings. The van der Waals surface area contributed by atoms with Crippen LogP contribution >= 0.6 is 0 Å². The molecule has 7 N–H and O–H groups in total. The first-order valence-electron chi connectivity index (χ1n) is 20.9. The molecule has 0 saturated carbocycles. The van der Waals surface area contributed by atoms with Gasteiger partial charge in [-0.05, 0) is 107 Å². The Morgan fingerprint density at radius 1 is 1.05 bits per heavy atom. The zero-order chi connectivity index (χ0) is 42.6. The Bertz CT molecular complexity index is 1230. The number of ether oxygens (including phenoxy) is 6. The van der Waals surface area contributed by atoms with Crippen molar-refractivity contribution in [1.82, 2.24) is 15.5 Å². The van der Waals surface area contributed by atoms with E-state index < -0.39 is 95.5 Å². The van der Waals surface area contributed by atoms with Gasteiger partial charge >= 0.3 is 5.97 Å². The molecular weight excluding hydrogens is 726 g/mol. The summed E-state index contributed by atoms with van der Waals surface area (Å²) in [6.45, 7) is 20.9. The van der Waals surface area contributed by atoms with E-state index in [-0.39, 0.29) is 43.9 Å². The molecule has 0 aliphatic carbocycles. The van der Waals surface area contributed by atoms with Crippen molar-refractivity contribution in [3.63, 3.8) is 0 Å². The highest BCUT2D eigenvalue weighted by Crippen LogP contribution is 2.43. The fourth-order valence-corrected chi connectivity index (χ4v) is 9.21. The normalized spacial score (nSPS) is 45.2. The average molecular weight is 806 g/mol. The van der Waals surface area contributed by atoms with Gasteiger partial charge in [-0.15, -0.1) is 0 Å². The number of aliphatic hydroxyl groups excluding tert-OH is 2. The van der Waals surface area contributed by atoms with Crippen molar-refractivity contribution in [3.8, 4) is 0 Å². The molecule has 56 heavy (non-hydrogen) atoms. The average Bonchev–Trinajstić information content (AvgIpc) is 3.12. The minimum atomic E-state index is -1.81. The standard InChI is InChI=1S/C41H79N3O12/c1-15-17-42-22-41(50)28(8)53-31(20-39(41,10)51-14)54-33-25(5)34(56-37-32(46)29(44(12)13)18-24(4)52-37)38(9,48)19-23(3)21-43-27(7)35(55-36(47)26(33)6)40(11,49)30(45)16-2/h23-35,37,42-43,45-46,48-50H,15-22H2,1-14H3/t23-,24-,25+,26-,27-,28+,29+,30-,31+,32-,33+,34-,35?,37?,38?,39-,40-,41+/m1/s1. The maximum atomic E-state index is 14.5. The lowest BCUT2D eigenvalue weighted by Crippen LogP contribution is -2.70. The SMILES string of the molecule is CCCNC[C@]1(O)[C@H](C)O[C@@H](O[C@H]2[C@H](C)[C@@H](OC3O[C@H](C)C[C@H](N(C)C)[C@H]3O)C(C)(O)C[C@@H](C)CN[C@H](C)C([C@](C)(O)[C@H](O)CC)OC(=O)[C@@H]2C)C[C@@]1(C)OC. The first-order chi connectivity index (χ1) is 25.9. The second-order valence-electron chi connectivity index (χ2n) is 18.2. The molecule has 0 bridgehead atoms. The number of rotatable bonds is 13. The molecule has 0 spiro atoms. The molecule has 3 fully saturated rings. The Kier molecular flexibility index (Phi) is 17.6. The largest absolute Gasteiger partial charge is 0.457 e. The zero-order valence-corrected chi connectivity index (χ0v) is 36.8. The summed E-state index contributed by atoms with van der Waals surface area (Å²) in [4.78, 5) is 16.4. The van der Waals surface area contributed by atoms with Gasteiger partial charge in [-0.2, -0.15) is 0 Å². The van der Waals surface area contributed by atoms with E-state index in [1.165, 1.54) is 14.0 Å². The molecule has 0 radical (unpaired) electrons. The number of esters is 1. The van der Waals surface area contributed by atoms with Crippen molar-refractivity contribution in [2.24, 2.45) is 17.8 Å². The first kappa shape index (κ1) is 49.3. The third kappa shape index (κ3) is 11.0. The zero-order valence-electron chi connectivity index (χ0n) is 36.8. The summed E-state index contributed by atoms with van der Waals surface area (Å²) in [5.74, 6) is -2.67. The number of carbonyl (C=O) groups excluding carboxylic acids is 1. The van der Waals surface area contributed by atoms with Gasteiger partial charge in [0.1, 0.15) is 29.0 Å². The monoisotopic (exact) mass is 806 g/mol. The van der Waals surface area contributed by atoms with E-state index in [1.807, 2.05) is 53.6 Å². The maximum absolute atomic E-state index is 14.5. The Morgan fingerprint density at radius 2 is 1.70 bits per heavy atom. The Hall–Kier alpha value is -1.05. The van der Waals surface area contributed by atoms with Crippen LogP contribution in [0.15, 0.2) is 0 Å². The molecule has 3 aliphatic heterocycles. The minimum absolute atomic E-state index is 0.0928. The summed E-state index contributed by atoms with van der Waals surface area (Å²) < 4.78 is 38.4. The van der Waals surface area contributed by atoms with Gasteiger partial charge in [-0.3, -0.25) is 4.79 Å². The van der Waals surface area contributed by atoms with E-state index >= 15 is 0 Å². The number of cyclic esters (lactones) is 1. The van der Waals surface area contributed by atoms with Crippen LogP contribution in [0.3, 0.4) is 0 Å². The van der Waals surface area contributed by atoms with Crippen molar-refractivity contribution in [2.45, 2.75) is 198 Å². The Balaban J connectivity index is 2.16. The van der Waals surface area contributed by atoms with Gasteiger partial charge in [0.2, 0.25) is 0 Å². The number of carbonyl (C=O) groups is 1. The van der Waals surface area contributed by atoms with E-state index in [9.17, 15) is 30.3 Å². The fraction of sp³-hybridized carbons (Fsp3) is 0.976. The second kappa shape index (κ2) is 20.0. The van der Waals surface area contributed by atoms with Gasteiger partial charge < -0.3 is 69.5 Å². The van der Waals surface area contributed by atoms with Gasteiger partial charge in [0.15, 0.2) is 12.6 Å². The lowest BCUT2D eigenvalue weighted by molar-refractivity contribution is -0.336. The fourth-order valence-electron chi connectivity index (χ4n) is 9.21.